The van der Waals surface area contributed by atoms with Gasteiger partial charge in [-0.05, 0) is 30.2 Å². The second kappa shape index (κ2) is 10.1. The molecule has 0 unspecified atom stereocenters. The van der Waals surface area contributed by atoms with Gasteiger partial charge in [0.2, 0.25) is 5.91 Å². The highest BCUT2D eigenvalue weighted by atomic mass is 16.5. The molecule has 24 heavy (non-hydrogen) atoms. The van der Waals surface area contributed by atoms with Crippen LogP contribution in [0.25, 0.3) is 0 Å². The van der Waals surface area contributed by atoms with E-state index in [-0.39, 0.29) is 18.4 Å². The molecule has 0 aliphatic heterocycles. The minimum absolute atomic E-state index is 0.197. The number of hydrogen-bond donors (Lipinski definition) is 2. The summed E-state index contributed by atoms with van der Waals surface area (Å²) in [5, 5.41) is 2.75. The summed E-state index contributed by atoms with van der Waals surface area (Å²) in [5.41, 5.74) is 6.81. The first-order valence-electron chi connectivity index (χ1n) is 8.56. The molecule has 0 aliphatic rings. The fourth-order valence-corrected chi connectivity index (χ4v) is 2.41. The summed E-state index contributed by atoms with van der Waals surface area (Å²) in [4.78, 5) is 24.6. The van der Waals surface area contributed by atoms with Crippen LogP contribution in [0.5, 0.6) is 0 Å². The Bertz CT molecular complexity index is 515. The van der Waals surface area contributed by atoms with Gasteiger partial charge < -0.3 is 15.8 Å². The van der Waals surface area contributed by atoms with Gasteiger partial charge in [-0.3, -0.25) is 4.79 Å². The van der Waals surface area contributed by atoms with Crippen LogP contribution in [0.1, 0.15) is 46.1 Å². The topological polar surface area (TPSA) is 81.4 Å². The van der Waals surface area contributed by atoms with E-state index in [2.05, 4.69) is 5.32 Å². The normalized spacial score (nSPS) is 13.6. The van der Waals surface area contributed by atoms with Crippen LogP contribution in [0.3, 0.4) is 0 Å². The molecular formula is C19H30N2O3. The molecular weight excluding hydrogens is 304 g/mol. The van der Waals surface area contributed by atoms with Crippen molar-refractivity contribution in [1.82, 2.24) is 5.32 Å². The number of ether oxygens (including phenoxy) is 1. The van der Waals surface area contributed by atoms with Crippen molar-refractivity contribution in [3.63, 3.8) is 0 Å². The molecule has 5 nitrogen and oxygen atoms in total. The maximum atomic E-state index is 12.4. The van der Waals surface area contributed by atoms with Crippen LogP contribution >= 0.6 is 0 Å². The van der Waals surface area contributed by atoms with Crippen LogP contribution in [0.4, 0.5) is 0 Å². The summed E-state index contributed by atoms with van der Waals surface area (Å²) in [6.07, 6.45) is 1.10. The summed E-state index contributed by atoms with van der Waals surface area (Å²) >= 11 is 0. The van der Waals surface area contributed by atoms with Crippen LogP contribution in [-0.2, 0) is 20.9 Å². The summed E-state index contributed by atoms with van der Waals surface area (Å²) in [6, 6.07) is 8.19. The number of nitrogens with one attached hydrogen (secondary N) is 1. The third kappa shape index (κ3) is 7.59. The van der Waals surface area contributed by atoms with Crippen molar-refractivity contribution < 1.29 is 14.3 Å². The van der Waals surface area contributed by atoms with Gasteiger partial charge in [0.15, 0.2) is 0 Å². The van der Waals surface area contributed by atoms with Gasteiger partial charge in [0, 0.05) is 0 Å². The van der Waals surface area contributed by atoms with Crippen LogP contribution in [0.15, 0.2) is 30.3 Å². The van der Waals surface area contributed by atoms with E-state index >= 15 is 0 Å². The Hall–Kier alpha value is -1.88. The highest BCUT2D eigenvalue weighted by Gasteiger charge is 2.26. The fourth-order valence-electron chi connectivity index (χ4n) is 2.41. The Labute approximate surface area is 145 Å². The lowest BCUT2D eigenvalue weighted by molar-refractivity contribution is -0.149. The lowest BCUT2D eigenvalue weighted by Crippen LogP contribution is -2.49. The first-order chi connectivity index (χ1) is 11.3. The van der Waals surface area contributed by atoms with Crippen molar-refractivity contribution in [3.05, 3.63) is 35.9 Å². The Balaban J connectivity index is 2.62. The third-order valence-electron chi connectivity index (χ3n) is 3.59. The molecule has 0 aromatic heterocycles. The first-order valence-corrected chi connectivity index (χ1v) is 8.56. The smallest absolute Gasteiger partial charge is 0.328 e. The Morgan fingerprint density at radius 2 is 1.62 bits per heavy atom. The molecule has 0 bridgehead atoms. The zero-order chi connectivity index (χ0) is 18.1. The molecule has 0 spiro atoms. The summed E-state index contributed by atoms with van der Waals surface area (Å²) < 4.78 is 5.36. The van der Waals surface area contributed by atoms with Crippen molar-refractivity contribution in [2.75, 3.05) is 0 Å². The molecule has 1 amide bonds. The van der Waals surface area contributed by atoms with Gasteiger partial charge >= 0.3 is 5.97 Å². The average Bonchev–Trinajstić information content (AvgIpc) is 2.51. The molecule has 5 heteroatoms. The molecule has 0 saturated carbocycles. The largest absolute Gasteiger partial charge is 0.459 e. The first kappa shape index (κ1) is 20.2. The Morgan fingerprint density at radius 3 is 2.17 bits per heavy atom. The number of carbonyl (C=O) groups is 2. The summed E-state index contributed by atoms with van der Waals surface area (Å²) in [7, 11) is 0. The zero-order valence-electron chi connectivity index (χ0n) is 15.1. The minimum Gasteiger partial charge on any atom is -0.459 e. The zero-order valence-corrected chi connectivity index (χ0v) is 15.1. The third-order valence-corrected chi connectivity index (χ3v) is 3.59. The molecule has 0 saturated heterocycles. The van der Waals surface area contributed by atoms with E-state index in [4.69, 9.17) is 10.5 Å². The van der Waals surface area contributed by atoms with E-state index in [1.54, 1.807) is 0 Å². The van der Waals surface area contributed by atoms with Crippen LogP contribution in [0.2, 0.25) is 0 Å². The van der Waals surface area contributed by atoms with Gasteiger partial charge in [0.25, 0.3) is 0 Å². The Kier molecular flexibility index (Phi) is 8.47. The van der Waals surface area contributed by atoms with Crippen molar-refractivity contribution in [2.45, 2.75) is 59.2 Å². The van der Waals surface area contributed by atoms with E-state index in [9.17, 15) is 9.59 Å². The van der Waals surface area contributed by atoms with Crippen molar-refractivity contribution >= 4 is 11.9 Å². The standard InChI is InChI=1S/C19H30N2O3/c1-13(2)10-16(20)18(22)21-17(11-14(3)4)19(23)24-12-15-8-6-5-7-9-15/h5-9,13-14,16-17H,10-12,20H2,1-4H3,(H,21,22)/t16-,17-/m0/s1. The fraction of sp³-hybridized carbons (Fsp3) is 0.579. The minimum atomic E-state index is -0.667. The average molecular weight is 334 g/mol. The molecule has 134 valence electrons. The van der Waals surface area contributed by atoms with Crippen molar-refractivity contribution in [2.24, 2.45) is 17.6 Å². The second-order valence-corrected chi connectivity index (χ2v) is 7.02. The lowest BCUT2D eigenvalue weighted by Gasteiger charge is -2.22. The molecule has 1 aromatic carbocycles. The number of carbonyl (C=O) groups excluding carboxylic acids is 2. The lowest BCUT2D eigenvalue weighted by atomic mass is 10.0. The summed E-state index contributed by atoms with van der Waals surface area (Å²) in [5.74, 6) is -0.149. The van der Waals surface area contributed by atoms with Gasteiger partial charge in [0.05, 0.1) is 6.04 Å². The molecule has 0 radical (unpaired) electrons. The molecule has 1 aromatic rings. The van der Waals surface area contributed by atoms with Crippen LogP contribution in [-0.4, -0.2) is 24.0 Å². The predicted molar refractivity (Wildman–Crippen MR) is 95.1 cm³/mol. The number of benzene rings is 1. The molecule has 2 atom stereocenters. The molecule has 0 fully saturated rings. The van der Waals surface area contributed by atoms with E-state index in [0.717, 1.165) is 5.56 Å². The molecule has 0 aliphatic carbocycles. The quantitative estimate of drug-likeness (QED) is 0.680. The van der Waals surface area contributed by atoms with Gasteiger partial charge in [0.1, 0.15) is 12.6 Å². The Morgan fingerprint density at radius 1 is 1.04 bits per heavy atom. The number of esters is 1. The van der Waals surface area contributed by atoms with Gasteiger partial charge in [-0.1, -0.05) is 58.0 Å². The van der Waals surface area contributed by atoms with Gasteiger partial charge in [-0.15, -0.1) is 0 Å². The SMILES string of the molecule is CC(C)C[C@H](NC(=O)[C@@H](N)CC(C)C)C(=O)OCc1ccccc1. The molecule has 3 N–H and O–H groups in total. The van der Waals surface area contributed by atoms with Crippen LogP contribution in [0, 0.1) is 11.8 Å². The van der Waals surface area contributed by atoms with E-state index in [1.165, 1.54) is 0 Å². The van der Waals surface area contributed by atoms with E-state index in [0.29, 0.717) is 18.8 Å². The number of hydrogen-bond acceptors (Lipinski definition) is 4. The highest BCUT2D eigenvalue weighted by molar-refractivity contribution is 5.87. The maximum Gasteiger partial charge on any atom is 0.328 e. The summed E-state index contributed by atoms with van der Waals surface area (Å²) in [6.45, 7) is 8.21. The maximum absolute atomic E-state index is 12.4. The van der Waals surface area contributed by atoms with E-state index in [1.807, 2.05) is 58.0 Å². The van der Waals surface area contributed by atoms with E-state index < -0.39 is 18.1 Å². The van der Waals surface area contributed by atoms with Crippen LogP contribution < -0.4 is 11.1 Å². The van der Waals surface area contributed by atoms with Crippen molar-refractivity contribution in [3.8, 4) is 0 Å². The monoisotopic (exact) mass is 334 g/mol. The number of amides is 1. The van der Waals surface area contributed by atoms with Gasteiger partial charge in [-0.2, -0.15) is 0 Å². The van der Waals surface area contributed by atoms with Crippen molar-refractivity contribution in [1.29, 1.82) is 0 Å². The predicted octanol–water partition coefficient (Wildman–Crippen LogP) is 2.63. The van der Waals surface area contributed by atoms with Gasteiger partial charge in [-0.25, -0.2) is 4.79 Å². The highest BCUT2D eigenvalue weighted by Crippen LogP contribution is 2.10. The second-order valence-electron chi connectivity index (χ2n) is 7.02. The molecule has 0 heterocycles. The number of nitrogens with two attached hydrogens (primary N) is 1. The molecule has 1 rings (SSSR count). The number of rotatable bonds is 9.